The lowest BCUT2D eigenvalue weighted by Crippen LogP contribution is -2.35. The number of carbonyl (C=O) groups is 2. The van der Waals surface area contributed by atoms with Crippen molar-refractivity contribution in [2.24, 2.45) is 5.92 Å². The van der Waals surface area contributed by atoms with Crippen molar-refractivity contribution in [1.29, 1.82) is 0 Å². The maximum atomic E-state index is 11.1. The molecule has 1 rings (SSSR count). The van der Waals surface area contributed by atoms with Crippen LogP contribution in [0.15, 0.2) is 0 Å². The molecule has 0 aromatic rings. The molecule has 14 heavy (non-hydrogen) atoms. The van der Waals surface area contributed by atoms with E-state index in [1.54, 1.807) is 0 Å². The van der Waals surface area contributed by atoms with Gasteiger partial charge in [0.1, 0.15) is 6.42 Å². The first-order chi connectivity index (χ1) is 6.61. The van der Waals surface area contributed by atoms with Gasteiger partial charge in [-0.2, -0.15) is 0 Å². The quantitative estimate of drug-likeness (QED) is 0.631. The van der Waals surface area contributed by atoms with E-state index in [4.69, 9.17) is 5.11 Å². The summed E-state index contributed by atoms with van der Waals surface area (Å²) in [6.07, 6.45) is 3.97. The summed E-state index contributed by atoms with van der Waals surface area (Å²) in [5, 5.41) is 11.2. The molecule has 0 radical (unpaired) electrons. The summed E-state index contributed by atoms with van der Waals surface area (Å²) in [5.74, 6) is -0.682. The fourth-order valence-corrected chi connectivity index (χ4v) is 1.50. The van der Waals surface area contributed by atoms with Crippen LogP contribution in [0.4, 0.5) is 0 Å². The van der Waals surface area contributed by atoms with Crippen LogP contribution in [-0.2, 0) is 9.59 Å². The van der Waals surface area contributed by atoms with Crippen LogP contribution in [0.25, 0.3) is 0 Å². The Morgan fingerprint density at radius 3 is 2.57 bits per heavy atom. The summed E-state index contributed by atoms with van der Waals surface area (Å²) in [6.45, 7) is 2.01. The molecule has 1 saturated carbocycles. The van der Waals surface area contributed by atoms with Gasteiger partial charge in [-0.3, -0.25) is 9.59 Å². The zero-order valence-corrected chi connectivity index (χ0v) is 8.45. The highest BCUT2D eigenvalue weighted by Gasteiger charge is 2.25. The van der Waals surface area contributed by atoms with Gasteiger partial charge in [0.2, 0.25) is 5.91 Å². The van der Waals surface area contributed by atoms with E-state index >= 15 is 0 Å². The third-order valence-electron chi connectivity index (χ3n) is 2.48. The Kier molecular flexibility index (Phi) is 3.92. The van der Waals surface area contributed by atoms with Crippen LogP contribution in [0, 0.1) is 5.92 Å². The summed E-state index contributed by atoms with van der Waals surface area (Å²) in [7, 11) is 0. The summed E-state index contributed by atoms with van der Waals surface area (Å²) < 4.78 is 0. The predicted octanol–water partition coefficient (Wildman–Crippen LogP) is 1.16. The van der Waals surface area contributed by atoms with E-state index in [0.29, 0.717) is 0 Å². The van der Waals surface area contributed by atoms with Gasteiger partial charge in [0.15, 0.2) is 0 Å². The summed E-state index contributed by atoms with van der Waals surface area (Å²) in [6, 6.07) is 0.161. The van der Waals surface area contributed by atoms with Gasteiger partial charge in [0, 0.05) is 6.04 Å². The van der Waals surface area contributed by atoms with Gasteiger partial charge >= 0.3 is 5.97 Å². The number of carboxylic acid groups (broad SMARTS) is 1. The van der Waals surface area contributed by atoms with Crippen LogP contribution in [0.2, 0.25) is 0 Å². The first-order valence-electron chi connectivity index (χ1n) is 5.13. The van der Waals surface area contributed by atoms with Crippen molar-refractivity contribution in [2.75, 3.05) is 0 Å². The Morgan fingerprint density at radius 2 is 2.14 bits per heavy atom. The van der Waals surface area contributed by atoms with Gasteiger partial charge in [-0.1, -0.05) is 19.8 Å². The SMILES string of the molecule is CCC(CC1CC1)NC(=O)CC(=O)O. The average molecular weight is 199 g/mol. The van der Waals surface area contributed by atoms with E-state index in [1.165, 1.54) is 12.8 Å². The smallest absolute Gasteiger partial charge is 0.312 e. The van der Waals surface area contributed by atoms with Crippen molar-refractivity contribution < 1.29 is 14.7 Å². The van der Waals surface area contributed by atoms with E-state index in [-0.39, 0.29) is 11.9 Å². The molecule has 0 aromatic heterocycles. The third kappa shape index (κ3) is 4.25. The topological polar surface area (TPSA) is 66.4 Å². The molecule has 4 heteroatoms. The monoisotopic (exact) mass is 199 g/mol. The molecule has 0 aromatic carbocycles. The summed E-state index contributed by atoms with van der Waals surface area (Å²) in [5.41, 5.74) is 0. The van der Waals surface area contributed by atoms with Crippen molar-refractivity contribution in [3.63, 3.8) is 0 Å². The lowest BCUT2D eigenvalue weighted by Gasteiger charge is -2.15. The molecule has 0 aliphatic heterocycles. The molecule has 2 N–H and O–H groups in total. The zero-order chi connectivity index (χ0) is 10.6. The fourth-order valence-electron chi connectivity index (χ4n) is 1.50. The standard InChI is InChI=1S/C10H17NO3/c1-2-8(5-7-3-4-7)11-9(12)6-10(13)14/h7-8H,2-6H2,1H3,(H,11,12)(H,13,14). The van der Waals surface area contributed by atoms with E-state index in [0.717, 1.165) is 18.8 Å². The second kappa shape index (κ2) is 4.98. The molecule has 1 atom stereocenters. The van der Waals surface area contributed by atoms with Crippen LogP contribution >= 0.6 is 0 Å². The average Bonchev–Trinajstić information content (AvgIpc) is 2.85. The van der Waals surface area contributed by atoms with Gasteiger partial charge in [-0.05, 0) is 18.8 Å². The number of aliphatic carboxylic acids is 1. The first kappa shape index (κ1) is 11.0. The number of nitrogens with one attached hydrogen (secondary N) is 1. The van der Waals surface area contributed by atoms with Crippen molar-refractivity contribution in [1.82, 2.24) is 5.32 Å². The van der Waals surface area contributed by atoms with Gasteiger partial charge < -0.3 is 10.4 Å². The Morgan fingerprint density at radius 1 is 1.50 bits per heavy atom. The highest BCUT2D eigenvalue weighted by molar-refractivity contribution is 5.93. The Balaban J connectivity index is 2.23. The number of hydrogen-bond acceptors (Lipinski definition) is 2. The van der Waals surface area contributed by atoms with Crippen LogP contribution in [-0.4, -0.2) is 23.0 Å². The van der Waals surface area contributed by atoms with E-state index < -0.39 is 12.4 Å². The lowest BCUT2D eigenvalue weighted by molar-refractivity contribution is -0.140. The first-order valence-corrected chi connectivity index (χ1v) is 5.13. The molecule has 1 unspecified atom stereocenters. The number of rotatable bonds is 6. The van der Waals surface area contributed by atoms with E-state index in [9.17, 15) is 9.59 Å². The zero-order valence-electron chi connectivity index (χ0n) is 8.45. The normalized spacial score (nSPS) is 17.5. The Labute approximate surface area is 83.7 Å². The molecule has 0 saturated heterocycles. The summed E-state index contributed by atoms with van der Waals surface area (Å²) >= 11 is 0. The summed E-state index contributed by atoms with van der Waals surface area (Å²) in [4.78, 5) is 21.4. The number of hydrogen-bond donors (Lipinski definition) is 2. The minimum atomic E-state index is -1.07. The number of carbonyl (C=O) groups excluding carboxylic acids is 1. The van der Waals surface area contributed by atoms with Gasteiger partial charge in [-0.15, -0.1) is 0 Å². The van der Waals surface area contributed by atoms with Gasteiger partial charge in [0.05, 0.1) is 0 Å². The van der Waals surface area contributed by atoms with Crippen molar-refractivity contribution in [3.05, 3.63) is 0 Å². The van der Waals surface area contributed by atoms with E-state index in [1.807, 2.05) is 6.92 Å². The molecule has 1 aliphatic carbocycles. The Hall–Kier alpha value is -1.06. The van der Waals surface area contributed by atoms with Crippen molar-refractivity contribution in [3.8, 4) is 0 Å². The molecular weight excluding hydrogens is 182 g/mol. The second-order valence-corrected chi connectivity index (χ2v) is 3.92. The molecule has 0 spiro atoms. The van der Waals surface area contributed by atoms with Crippen LogP contribution < -0.4 is 5.32 Å². The molecule has 0 bridgehead atoms. The maximum absolute atomic E-state index is 11.1. The largest absolute Gasteiger partial charge is 0.481 e. The fraction of sp³-hybridized carbons (Fsp3) is 0.800. The molecule has 4 nitrogen and oxygen atoms in total. The molecule has 1 fully saturated rings. The molecular formula is C10H17NO3. The number of amides is 1. The van der Waals surface area contributed by atoms with Gasteiger partial charge in [0.25, 0.3) is 0 Å². The third-order valence-corrected chi connectivity index (χ3v) is 2.48. The Bertz CT molecular complexity index is 223. The lowest BCUT2D eigenvalue weighted by atomic mass is 10.1. The minimum Gasteiger partial charge on any atom is -0.481 e. The molecule has 1 aliphatic rings. The molecule has 0 heterocycles. The second-order valence-electron chi connectivity index (χ2n) is 3.92. The van der Waals surface area contributed by atoms with Crippen molar-refractivity contribution >= 4 is 11.9 Å². The molecule has 80 valence electrons. The number of carboxylic acids is 1. The van der Waals surface area contributed by atoms with Crippen LogP contribution in [0.5, 0.6) is 0 Å². The molecule has 1 amide bonds. The van der Waals surface area contributed by atoms with Crippen molar-refractivity contribution in [2.45, 2.75) is 45.1 Å². The van der Waals surface area contributed by atoms with E-state index in [2.05, 4.69) is 5.32 Å². The minimum absolute atomic E-state index is 0.161. The van der Waals surface area contributed by atoms with Crippen LogP contribution in [0.3, 0.4) is 0 Å². The highest BCUT2D eigenvalue weighted by atomic mass is 16.4. The predicted molar refractivity (Wildman–Crippen MR) is 51.8 cm³/mol. The van der Waals surface area contributed by atoms with Crippen LogP contribution in [0.1, 0.15) is 39.0 Å². The highest BCUT2D eigenvalue weighted by Crippen LogP contribution is 2.33. The maximum Gasteiger partial charge on any atom is 0.312 e. The van der Waals surface area contributed by atoms with Gasteiger partial charge in [-0.25, -0.2) is 0 Å².